The summed E-state index contributed by atoms with van der Waals surface area (Å²) < 4.78 is 0. The third-order valence-corrected chi connectivity index (χ3v) is 6.59. The summed E-state index contributed by atoms with van der Waals surface area (Å²) >= 11 is 4.28. The second-order valence-corrected chi connectivity index (χ2v) is 7.95. The van der Waals surface area contributed by atoms with E-state index < -0.39 is 0 Å². The zero-order chi connectivity index (χ0) is 13.6. The molecule has 110 valence electrons. The van der Waals surface area contributed by atoms with Gasteiger partial charge in [0.2, 0.25) is 0 Å². The Balaban J connectivity index is 1.55. The van der Waals surface area contributed by atoms with Gasteiger partial charge in [-0.3, -0.25) is 4.90 Å². The molecular formula is C16H24N2S2. The third kappa shape index (κ3) is 4.09. The summed E-state index contributed by atoms with van der Waals surface area (Å²) in [7, 11) is 0. The van der Waals surface area contributed by atoms with Crippen molar-refractivity contribution in [3.63, 3.8) is 0 Å². The lowest BCUT2D eigenvalue weighted by molar-refractivity contribution is 0.180. The van der Waals surface area contributed by atoms with Crippen LogP contribution in [0.3, 0.4) is 0 Å². The van der Waals surface area contributed by atoms with Crippen LogP contribution in [0.2, 0.25) is 0 Å². The molecule has 0 saturated carbocycles. The molecule has 2 aliphatic heterocycles. The first-order chi connectivity index (χ1) is 9.92. The zero-order valence-electron chi connectivity index (χ0n) is 12.0. The van der Waals surface area contributed by atoms with E-state index in [0.717, 1.165) is 6.04 Å². The maximum Gasteiger partial charge on any atom is 0.0389 e. The Morgan fingerprint density at radius 1 is 1.05 bits per heavy atom. The van der Waals surface area contributed by atoms with Crippen LogP contribution in [0.5, 0.6) is 0 Å². The second-order valence-electron chi connectivity index (χ2n) is 5.65. The minimum atomic E-state index is 0.615. The van der Waals surface area contributed by atoms with Gasteiger partial charge in [0.05, 0.1) is 0 Å². The number of anilines is 1. The molecule has 1 aromatic rings. The van der Waals surface area contributed by atoms with Gasteiger partial charge in [0, 0.05) is 47.3 Å². The summed E-state index contributed by atoms with van der Waals surface area (Å²) in [6.07, 6.45) is 2.63. The Kier molecular flexibility index (Phi) is 5.57. The maximum absolute atomic E-state index is 3.71. The number of benzene rings is 1. The molecule has 1 atom stereocenters. The summed E-state index contributed by atoms with van der Waals surface area (Å²) in [6.45, 7) is 2.50. The zero-order valence-corrected chi connectivity index (χ0v) is 13.6. The topological polar surface area (TPSA) is 15.3 Å². The Labute approximate surface area is 131 Å². The van der Waals surface area contributed by atoms with Crippen LogP contribution in [0.4, 0.5) is 5.69 Å². The minimum absolute atomic E-state index is 0.615. The van der Waals surface area contributed by atoms with Crippen molar-refractivity contribution in [1.82, 2.24) is 4.90 Å². The largest absolute Gasteiger partial charge is 0.381 e. The van der Waals surface area contributed by atoms with Gasteiger partial charge in [0.1, 0.15) is 0 Å². The van der Waals surface area contributed by atoms with Gasteiger partial charge in [0.15, 0.2) is 0 Å². The predicted octanol–water partition coefficient (Wildman–Crippen LogP) is 3.41. The van der Waals surface area contributed by atoms with E-state index >= 15 is 0 Å². The van der Waals surface area contributed by atoms with Crippen molar-refractivity contribution in [2.24, 2.45) is 0 Å². The SMILES string of the molecule is c1ccc(N[C@@H]2CCCN(C3CSCCSC3)C2)cc1. The van der Waals surface area contributed by atoms with Crippen LogP contribution in [-0.4, -0.2) is 53.1 Å². The number of hydrogen-bond donors (Lipinski definition) is 1. The molecule has 2 aliphatic rings. The molecule has 20 heavy (non-hydrogen) atoms. The molecule has 0 radical (unpaired) electrons. The van der Waals surface area contributed by atoms with E-state index in [1.807, 2.05) is 0 Å². The number of rotatable bonds is 3. The van der Waals surface area contributed by atoms with E-state index in [-0.39, 0.29) is 0 Å². The van der Waals surface area contributed by atoms with E-state index in [1.165, 1.54) is 54.6 Å². The van der Waals surface area contributed by atoms with Gasteiger partial charge in [-0.15, -0.1) is 0 Å². The number of nitrogens with one attached hydrogen (secondary N) is 1. The molecule has 3 rings (SSSR count). The molecule has 2 nitrogen and oxygen atoms in total. The van der Waals surface area contributed by atoms with Gasteiger partial charge in [-0.2, -0.15) is 23.5 Å². The van der Waals surface area contributed by atoms with Crippen LogP contribution in [0.25, 0.3) is 0 Å². The van der Waals surface area contributed by atoms with Crippen molar-refractivity contribution >= 4 is 29.2 Å². The molecule has 4 heteroatoms. The highest BCUT2D eigenvalue weighted by atomic mass is 32.2. The maximum atomic E-state index is 3.71. The average Bonchev–Trinajstić information content (AvgIpc) is 2.78. The third-order valence-electron chi connectivity index (χ3n) is 4.11. The Morgan fingerprint density at radius 2 is 1.80 bits per heavy atom. The molecular weight excluding hydrogens is 284 g/mol. The molecule has 0 aliphatic carbocycles. The summed E-state index contributed by atoms with van der Waals surface area (Å²) in [6, 6.07) is 12.1. The molecule has 0 aromatic heterocycles. The van der Waals surface area contributed by atoms with E-state index in [0.29, 0.717) is 6.04 Å². The van der Waals surface area contributed by atoms with Crippen LogP contribution >= 0.6 is 23.5 Å². The molecule has 0 amide bonds. The van der Waals surface area contributed by atoms with E-state index in [9.17, 15) is 0 Å². The number of likely N-dealkylation sites (tertiary alicyclic amines) is 1. The number of nitrogens with zero attached hydrogens (tertiary/aromatic N) is 1. The lowest BCUT2D eigenvalue weighted by Crippen LogP contribution is -2.48. The second kappa shape index (κ2) is 7.62. The van der Waals surface area contributed by atoms with Crippen molar-refractivity contribution in [2.45, 2.75) is 24.9 Å². The molecule has 2 heterocycles. The first-order valence-electron chi connectivity index (χ1n) is 7.63. The first kappa shape index (κ1) is 14.6. The fraction of sp³-hybridized carbons (Fsp3) is 0.625. The fourth-order valence-electron chi connectivity index (χ4n) is 3.04. The van der Waals surface area contributed by atoms with E-state index in [1.54, 1.807) is 0 Å². The van der Waals surface area contributed by atoms with Gasteiger partial charge in [-0.05, 0) is 31.5 Å². The molecule has 2 fully saturated rings. The highest BCUT2D eigenvalue weighted by molar-refractivity contribution is 8.03. The molecule has 2 saturated heterocycles. The van der Waals surface area contributed by atoms with E-state index in [2.05, 4.69) is 64.1 Å². The van der Waals surface area contributed by atoms with Gasteiger partial charge in [0.25, 0.3) is 0 Å². The van der Waals surface area contributed by atoms with Crippen LogP contribution in [-0.2, 0) is 0 Å². The molecule has 1 N–H and O–H groups in total. The van der Waals surface area contributed by atoms with Gasteiger partial charge >= 0.3 is 0 Å². The molecule has 0 spiro atoms. The monoisotopic (exact) mass is 308 g/mol. The fourth-order valence-corrected chi connectivity index (χ4v) is 5.67. The predicted molar refractivity (Wildman–Crippen MR) is 93.1 cm³/mol. The smallest absolute Gasteiger partial charge is 0.0389 e. The van der Waals surface area contributed by atoms with Crippen molar-refractivity contribution in [2.75, 3.05) is 41.4 Å². The number of hydrogen-bond acceptors (Lipinski definition) is 4. The summed E-state index contributed by atoms with van der Waals surface area (Å²) in [5.41, 5.74) is 1.27. The number of piperidine rings is 1. The lowest BCUT2D eigenvalue weighted by atomic mass is 10.0. The Hall–Kier alpha value is -0.320. The lowest BCUT2D eigenvalue weighted by Gasteiger charge is -2.38. The summed E-state index contributed by atoms with van der Waals surface area (Å²) in [4.78, 5) is 2.73. The quantitative estimate of drug-likeness (QED) is 0.920. The summed E-state index contributed by atoms with van der Waals surface area (Å²) in [5.74, 6) is 5.32. The van der Waals surface area contributed by atoms with Crippen LogP contribution in [0.1, 0.15) is 12.8 Å². The van der Waals surface area contributed by atoms with Crippen molar-refractivity contribution in [3.8, 4) is 0 Å². The Bertz CT molecular complexity index is 391. The van der Waals surface area contributed by atoms with Crippen LogP contribution in [0.15, 0.2) is 30.3 Å². The highest BCUT2D eigenvalue weighted by Crippen LogP contribution is 2.24. The minimum Gasteiger partial charge on any atom is -0.381 e. The summed E-state index contributed by atoms with van der Waals surface area (Å²) in [5, 5.41) is 3.71. The highest BCUT2D eigenvalue weighted by Gasteiger charge is 2.26. The molecule has 1 aromatic carbocycles. The molecule has 0 unspecified atom stereocenters. The van der Waals surface area contributed by atoms with Crippen molar-refractivity contribution in [1.29, 1.82) is 0 Å². The first-order valence-corrected chi connectivity index (χ1v) is 9.94. The van der Waals surface area contributed by atoms with E-state index in [4.69, 9.17) is 0 Å². The van der Waals surface area contributed by atoms with Gasteiger partial charge in [-0.1, -0.05) is 18.2 Å². The van der Waals surface area contributed by atoms with Gasteiger partial charge in [-0.25, -0.2) is 0 Å². The number of thioether (sulfide) groups is 2. The van der Waals surface area contributed by atoms with Crippen molar-refractivity contribution < 1.29 is 0 Å². The van der Waals surface area contributed by atoms with Crippen LogP contribution < -0.4 is 5.32 Å². The standard InChI is InChI=1S/C16H24N2S2/c1-2-5-14(6-3-1)17-15-7-4-8-18(11-15)16-12-19-9-10-20-13-16/h1-3,5-6,15-17H,4,7-13H2/t15-/m1/s1. The van der Waals surface area contributed by atoms with Crippen molar-refractivity contribution in [3.05, 3.63) is 30.3 Å². The normalized spacial score (nSPS) is 26.1. The molecule has 0 bridgehead atoms. The van der Waals surface area contributed by atoms with Crippen LogP contribution in [0, 0.1) is 0 Å². The van der Waals surface area contributed by atoms with Gasteiger partial charge < -0.3 is 5.32 Å². The number of para-hydroxylation sites is 1. The Morgan fingerprint density at radius 3 is 2.55 bits per heavy atom. The average molecular weight is 309 g/mol.